The van der Waals surface area contributed by atoms with Gasteiger partial charge >= 0.3 is 0 Å². The van der Waals surface area contributed by atoms with E-state index >= 15 is 0 Å². The summed E-state index contributed by atoms with van der Waals surface area (Å²) in [7, 11) is 1.78. The van der Waals surface area contributed by atoms with Crippen LogP contribution in [0.15, 0.2) is 30.3 Å². The van der Waals surface area contributed by atoms with Crippen molar-refractivity contribution in [2.75, 3.05) is 0 Å². The highest BCUT2D eigenvalue weighted by Crippen LogP contribution is 2.25. The summed E-state index contributed by atoms with van der Waals surface area (Å²) in [4.78, 5) is 20.7. The highest BCUT2D eigenvalue weighted by molar-refractivity contribution is 5.93. The van der Waals surface area contributed by atoms with E-state index in [1.165, 1.54) is 0 Å². The minimum absolute atomic E-state index is 0.135. The molecular weight excluding hydrogens is 302 g/mol. The number of nitrogens with one attached hydrogen (secondary N) is 2. The first-order valence-electron chi connectivity index (χ1n) is 8.25. The fourth-order valence-electron chi connectivity index (χ4n) is 2.87. The topological polar surface area (TPSA) is 75.6 Å². The fraction of sp³-hybridized carbons (Fsp3) is 0.389. The van der Waals surface area contributed by atoms with E-state index in [2.05, 4.69) is 34.2 Å². The van der Waals surface area contributed by atoms with Gasteiger partial charge in [-0.05, 0) is 31.0 Å². The van der Waals surface area contributed by atoms with Gasteiger partial charge in [0.1, 0.15) is 11.5 Å². The quantitative estimate of drug-likeness (QED) is 0.757. The van der Waals surface area contributed by atoms with Gasteiger partial charge in [0, 0.05) is 7.05 Å². The molecule has 3 aromatic rings. The second kappa shape index (κ2) is 6.47. The average molecular weight is 325 g/mol. The average Bonchev–Trinajstić information content (AvgIpc) is 3.14. The zero-order valence-electron chi connectivity index (χ0n) is 14.5. The predicted octanol–water partition coefficient (Wildman–Crippen LogP) is 3.12. The molecule has 0 bridgehead atoms. The predicted molar refractivity (Wildman–Crippen MR) is 93.7 cm³/mol. The Morgan fingerprint density at radius 2 is 2.12 bits per heavy atom. The number of nitrogens with zero attached hydrogens (tertiary/aromatic N) is 3. The molecule has 6 nitrogen and oxygen atoms in total. The zero-order valence-corrected chi connectivity index (χ0v) is 14.5. The van der Waals surface area contributed by atoms with Gasteiger partial charge in [-0.3, -0.25) is 9.48 Å². The maximum atomic E-state index is 12.7. The lowest BCUT2D eigenvalue weighted by molar-refractivity contribution is 0.0911. The maximum absolute atomic E-state index is 12.7. The van der Waals surface area contributed by atoms with Crippen LogP contribution >= 0.6 is 0 Å². The summed E-state index contributed by atoms with van der Waals surface area (Å²) in [6.07, 6.45) is 0.937. The number of H-pyrrole nitrogens is 1. The molecule has 1 aromatic carbocycles. The summed E-state index contributed by atoms with van der Waals surface area (Å²) >= 11 is 0. The molecule has 2 aromatic heterocycles. The van der Waals surface area contributed by atoms with Crippen molar-refractivity contribution in [1.29, 1.82) is 0 Å². The smallest absolute Gasteiger partial charge is 0.270 e. The third-order valence-electron chi connectivity index (χ3n) is 4.44. The summed E-state index contributed by atoms with van der Waals surface area (Å²) in [6.45, 7) is 6.11. The van der Waals surface area contributed by atoms with Gasteiger partial charge < -0.3 is 10.3 Å². The molecule has 0 spiro atoms. The monoisotopic (exact) mass is 325 g/mol. The number of aromatic amines is 1. The molecule has 0 radical (unpaired) electrons. The van der Waals surface area contributed by atoms with Crippen molar-refractivity contribution in [1.82, 2.24) is 25.1 Å². The van der Waals surface area contributed by atoms with Crippen molar-refractivity contribution in [3.8, 4) is 0 Å². The lowest BCUT2D eigenvalue weighted by Gasteiger charge is -2.22. The van der Waals surface area contributed by atoms with Crippen molar-refractivity contribution in [2.24, 2.45) is 13.0 Å². The number of benzene rings is 1. The first-order chi connectivity index (χ1) is 11.5. The molecule has 3 rings (SSSR count). The molecule has 2 N–H and O–H groups in total. The van der Waals surface area contributed by atoms with Crippen LogP contribution in [0.25, 0.3) is 11.0 Å². The molecule has 0 aliphatic heterocycles. The molecule has 6 heteroatoms. The summed E-state index contributed by atoms with van der Waals surface area (Å²) in [5.41, 5.74) is 3.27. The molecular formula is C18H23N5O. The molecule has 2 atom stereocenters. The van der Waals surface area contributed by atoms with Gasteiger partial charge in [-0.15, -0.1) is 0 Å². The Balaban J connectivity index is 1.92. The minimum atomic E-state index is -0.176. The van der Waals surface area contributed by atoms with Gasteiger partial charge in [0.25, 0.3) is 5.91 Å². The molecule has 0 aliphatic carbocycles. The number of carbonyl (C=O) groups excluding carboxylic acids is 1. The number of hydrogen-bond donors (Lipinski definition) is 2. The zero-order chi connectivity index (χ0) is 17.3. The maximum Gasteiger partial charge on any atom is 0.270 e. The Morgan fingerprint density at radius 3 is 2.75 bits per heavy atom. The Morgan fingerprint density at radius 1 is 1.38 bits per heavy atom. The van der Waals surface area contributed by atoms with Gasteiger partial charge in [0.2, 0.25) is 0 Å². The Bertz CT molecular complexity index is 830. The van der Waals surface area contributed by atoms with Crippen molar-refractivity contribution >= 4 is 16.9 Å². The highest BCUT2D eigenvalue weighted by Gasteiger charge is 2.25. The first kappa shape index (κ1) is 16.2. The molecule has 0 unspecified atom stereocenters. The molecule has 2 heterocycles. The number of para-hydroxylation sites is 2. The van der Waals surface area contributed by atoms with E-state index in [0.717, 1.165) is 29.0 Å². The number of rotatable bonds is 5. The van der Waals surface area contributed by atoms with E-state index < -0.39 is 0 Å². The SMILES string of the molecule is CC[C@H](C)[C@H](NC(=O)c1cc(C)nn1C)c1nc2ccccc2[nH]1. The second-order valence-electron chi connectivity index (χ2n) is 6.27. The van der Waals surface area contributed by atoms with E-state index in [4.69, 9.17) is 0 Å². The molecule has 1 amide bonds. The molecule has 0 saturated carbocycles. The van der Waals surface area contributed by atoms with Crippen LogP contribution in [0, 0.1) is 12.8 Å². The number of amides is 1. The number of fused-ring (bicyclic) bond motifs is 1. The second-order valence-corrected chi connectivity index (χ2v) is 6.27. The van der Waals surface area contributed by atoms with Crippen molar-refractivity contribution in [3.63, 3.8) is 0 Å². The van der Waals surface area contributed by atoms with Gasteiger partial charge in [-0.25, -0.2) is 4.98 Å². The largest absolute Gasteiger partial charge is 0.340 e. The van der Waals surface area contributed by atoms with E-state index in [0.29, 0.717) is 5.69 Å². The molecule has 126 valence electrons. The number of imidazole rings is 1. The Labute approximate surface area is 141 Å². The number of aryl methyl sites for hydroxylation is 2. The Kier molecular flexibility index (Phi) is 4.38. The molecule has 0 saturated heterocycles. The van der Waals surface area contributed by atoms with E-state index in [1.807, 2.05) is 31.2 Å². The fourth-order valence-corrected chi connectivity index (χ4v) is 2.87. The molecule has 24 heavy (non-hydrogen) atoms. The van der Waals surface area contributed by atoms with Crippen LogP contribution in [-0.4, -0.2) is 25.7 Å². The van der Waals surface area contributed by atoms with E-state index in [1.54, 1.807) is 17.8 Å². The van der Waals surface area contributed by atoms with Crippen molar-refractivity contribution in [3.05, 3.63) is 47.5 Å². The van der Waals surface area contributed by atoms with Crippen LogP contribution in [0.1, 0.15) is 48.3 Å². The van der Waals surface area contributed by atoms with Crippen LogP contribution in [-0.2, 0) is 7.05 Å². The molecule has 0 aliphatic rings. The minimum Gasteiger partial charge on any atom is -0.340 e. The third-order valence-corrected chi connectivity index (χ3v) is 4.44. The lowest BCUT2D eigenvalue weighted by atomic mass is 9.98. The van der Waals surface area contributed by atoms with E-state index in [9.17, 15) is 4.79 Å². The van der Waals surface area contributed by atoms with Crippen LogP contribution in [0.4, 0.5) is 0 Å². The standard InChI is InChI=1S/C18H23N5O/c1-5-11(2)16(17-19-13-8-6-7-9-14(13)20-17)21-18(24)15-10-12(3)22-23(15)4/h6-11,16H,5H2,1-4H3,(H,19,20)(H,21,24)/t11-,16-/m0/s1. The van der Waals surface area contributed by atoms with Crippen molar-refractivity contribution < 1.29 is 4.79 Å². The summed E-state index contributed by atoms with van der Waals surface area (Å²) in [6, 6.07) is 9.51. The Hall–Kier alpha value is -2.63. The van der Waals surface area contributed by atoms with Crippen molar-refractivity contribution in [2.45, 2.75) is 33.2 Å². The van der Waals surface area contributed by atoms with Gasteiger partial charge in [0.15, 0.2) is 0 Å². The third kappa shape index (κ3) is 3.04. The number of aromatic nitrogens is 4. The van der Waals surface area contributed by atoms with Gasteiger partial charge in [-0.1, -0.05) is 32.4 Å². The highest BCUT2D eigenvalue weighted by atomic mass is 16.2. The normalized spacial score (nSPS) is 13.8. The summed E-state index contributed by atoms with van der Waals surface area (Å²) < 4.78 is 1.61. The molecule has 0 fully saturated rings. The summed E-state index contributed by atoms with van der Waals surface area (Å²) in [5, 5.41) is 7.37. The van der Waals surface area contributed by atoms with Crippen LogP contribution in [0.2, 0.25) is 0 Å². The van der Waals surface area contributed by atoms with Gasteiger partial charge in [-0.2, -0.15) is 5.10 Å². The van der Waals surface area contributed by atoms with Crippen LogP contribution in [0.3, 0.4) is 0 Å². The lowest BCUT2D eigenvalue weighted by Crippen LogP contribution is -2.34. The number of hydrogen-bond acceptors (Lipinski definition) is 3. The van der Waals surface area contributed by atoms with Crippen LogP contribution in [0.5, 0.6) is 0 Å². The van der Waals surface area contributed by atoms with Crippen LogP contribution < -0.4 is 5.32 Å². The summed E-state index contributed by atoms with van der Waals surface area (Å²) in [5.74, 6) is 0.908. The first-order valence-corrected chi connectivity index (χ1v) is 8.25. The number of carbonyl (C=O) groups is 1. The van der Waals surface area contributed by atoms with Gasteiger partial charge in [0.05, 0.1) is 22.8 Å². The van der Waals surface area contributed by atoms with E-state index in [-0.39, 0.29) is 17.9 Å².